The largest absolute Gasteiger partial charge is 0.352 e. The van der Waals surface area contributed by atoms with Gasteiger partial charge in [0.2, 0.25) is 0 Å². The maximum atomic E-state index is 11.9. The number of aryl methyl sites for hydroxylation is 1. The average Bonchev–Trinajstić information content (AvgIpc) is 2.73. The van der Waals surface area contributed by atoms with E-state index in [-0.39, 0.29) is 11.3 Å². The maximum Gasteiger partial charge on any atom is 0.253 e. The Labute approximate surface area is 107 Å². The first-order valence-electron chi connectivity index (χ1n) is 6.00. The van der Waals surface area contributed by atoms with E-state index in [4.69, 9.17) is 11.6 Å². The van der Waals surface area contributed by atoms with Crippen LogP contribution in [-0.4, -0.2) is 22.8 Å². The van der Waals surface area contributed by atoms with Crippen LogP contribution in [0.4, 0.5) is 0 Å². The third-order valence-corrected chi connectivity index (χ3v) is 3.68. The molecule has 1 aliphatic carbocycles. The molecule has 0 bridgehead atoms. The van der Waals surface area contributed by atoms with Gasteiger partial charge in [0.25, 0.3) is 5.91 Å². The molecule has 2 rings (SSSR count). The summed E-state index contributed by atoms with van der Waals surface area (Å²) in [7, 11) is 0. The quantitative estimate of drug-likeness (QED) is 0.840. The molecular weight excluding hydrogens is 236 g/mol. The predicted octanol–water partition coefficient (Wildman–Crippen LogP) is 2.53. The molecule has 1 aromatic rings. The average molecular weight is 253 g/mol. The van der Waals surface area contributed by atoms with Crippen LogP contribution < -0.4 is 5.32 Å². The number of carbonyl (C=O) groups excluding carboxylic acids is 1. The monoisotopic (exact) mass is 252 g/mol. The van der Waals surface area contributed by atoms with Crippen LogP contribution in [0.2, 0.25) is 0 Å². The van der Waals surface area contributed by atoms with Crippen LogP contribution in [0.25, 0.3) is 0 Å². The highest BCUT2D eigenvalue weighted by atomic mass is 35.5. The van der Waals surface area contributed by atoms with Crippen LogP contribution in [0.1, 0.15) is 35.3 Å². The molecule has 2 unspecified atom stereocenters. The second-order valence-electron chi connectivity index (χ2n) is 4.62. The number of pyridine rings is 1. The smallest absolute Gasteiger partial charge is 0.253 e. The van der Waals surface area contributed by atoms with E-state index in [1.165, 1.54) is 0 Å². The first-order valence-corrected chi connectivity index (χ1v) is 6.44. The number of rotatable bonds is 3. The number of aromatic nitrogens is 1. The van der Waals surface area contributed by atoms with E-state index in [1.54, 1.807) is 18.3 Å². The number of amides is 1. The molecule has 0 spiro atoms. The van der Waals surface area contributed by atoms with Gasteiger partial charge in [-0.15, -0.1) is 11.6 Å². The lowest BCUT2D eigenvalue weighted by Gasteiger charge is -2.11. The number of hydrogen-bond donors (Lipinski definition) is 1. The van der Waals surface area contributed by atoms with Crippen LogP contribution in [0.5, 0.6) is 0 Å². The highest BCUT2D eigenvalue weighted by molar-refractivity contribution is 6.20. The van der Waals surface area contributed by atoms with Crippen molar-refractivity contribution in [3.63, 3.8) is 0 Å². The minimum atomic E-state index is -0.0337. The van der Waals surface area contributed by atoms with E-state index in [2.05, 4.69) is 10.3 Å². The number of hydrogen-bond acceptors (Lipinski definition) is 2. The van der Waals surface area contributed by atoms with Gasteiger partial charge in [0.15, 0.2) is 0 Å². The minimum absolute atomic E-state index is 0.0337. The number of nitrogens with zero attached hydrogens (tertiary/aromatic N) is 1. The van der Waals surface area contributed by atoms with Crippen molar-refractivity contribution in [2.45, 2.75) is 31.6 Å². The van der Waals surface area contributed by atoms with Crippen LogP contribution >= 0.6 is 11.6 Å². The van der Waals surface area contributed by atoms with Crippen molar-refractivity contribution in [1.82, 2.24) is 10.3 Å². The van der Waals surface area contributed by atoms with Gasteiger partial charge < -0.3 is 5.32 Å². The summed E-state index contributed by atoms with van der Waals surface area (Å²) in [5.41, 5.74) is 1.43. The summed E-state index contributed by atoms with van der Waals surface area (Å²) in [4.78, 5) is 16.0. The van der Waals surface area contributed by atoms with E-state index in [9.17, 15) is 4.79 Å². The summed E-state index contributed by atoms with van der Waals surface area (Å²) in [6.07, 6.45) is 4.88. The van der Waals surface area contributed by atoms with E-state index in [0.29, 0.717) is 11.5 Å². The number of carbonyl (C=O) groups is 1. The number of alkyl halides is 1. The minimum Gasteiger partial charge on any atom is -0.352 e. The Bertz CT molecular complexity index is 408. The zero-order chi connectivity index (χ0) is 12.3. The van der Waals surface area contributed by atoms with Crippen molar-refractivity contribution in [1.29, 1.82) is 0 Å². The van der Waals surface area contributed by atoms with E-state index in [0.717, 1.165) is 31.5 Å². The number of halogens is 1. The summed E-state index contributed by atoms with van der Waals surface area (Å²) in [5, 5.41) is 3.25. The van der Waals surface area contributed by atoms with Crippen LogP contribution in [0.15, 0.2) is 18.3 Å². The fourth-order valence-corrected chi connectivity index (χ4v) is 2.63. The Morgan fingerprint density at radius 3 is 3.06 bits per heavy atom. The highest BCUT2D eigenvalue weighted by Crippen LogP contribution is 2.28. The van der Waals surface area contributed by atoms with Crippen LogP contribution in [-0.2, 0) is 0 Å². The second-order valence-corrected chi connectivity index (χ2v) is 5.24. The molecule has 3 nitrogen and oxygen atoms in total. The first kappa shape index (κ1) is 12.4. The molecule has 4 heteroatoms. The van der Waals surface area contributed by atoms with E-state index >= 15 is 0 Å². The molecule has 1 N–H and O–H groups in total. The van der Waals surface area contributed by atoms with Gasteiger partial charge in [-0.05, 0) is 44.2 Å². The Hall–Kier alpha value is -1.09. The first-order chi connectivity index (χ1) is 8.16. The molecule has 17 heavy (non-hydrogen) atoms. The van der Waals surface area contributed by atoms with Gasteiger partial charge >= 0.3 is 0 Å². The SMILES string of the molecule is Cc1ncccc1C(=O)NCC1CCC(Cl)C1. The lowest BCUT2D eigenvalue weighted by molar-refractivity contribution is 0.0946. The Balaban J connectivity index is 1.88. The van der Waals surface area contributed by atoms with Crippen molar-refractivity contribution < 1.29 is 4.79 Å². The van der Waals surface area contributed by atoms with E-state index < -0.39 is 0 Å². The molecule has 0 aliphatic heterocycles. The summed E-state index contributed by atoms with van der Waals surface area (Å²) in [6, 6.07) is 3.59. The van der Waals surface area contributed by atoms with Gasteiger partial charge in [-0.1, -0.05) is 0 Å². The molecule has 1 aromatic heterocycles. The molecule has 1 aliphatic rings. The van der Waals surface area contributed by atoms with Gasteiger partial charge in [-0.2, -0.15) is 0 Å². The molecule has 0 aromatic carbocycles. The molecular formula is C13H17ClN2O. The van der Waals surface area contributed by atoms with Crippen LogP contribution in [0.3, 0.4) is 0 Å². The van der Waals surface area contributed by atoms with Crippen LogP contribution in [0, 0.1) is 12.8 Å². The van der Waals surface area contributed by atoms with E-state index in [1.807, 2.05) is 6.92 Å². The summed E-state index contributed by atoms with van der Waals surface area (Å²) >= 11 is 6.04. The molecule has 2 atom stereocenters. The zero-order valence-electron chi connectivity index (χ0n) is 9.95. The van der Waals surface area contributed by atoms with Crippen molar-refractivity contribution in [2.75, 3.05) is 6.54 Å². The molecule has 1 amide bonds. The van der Waals surface area contributed by atoms with Crippen molar-refractivity contribution >= 4 is 17.5 Å². The zero-order valence-corrected chi connectivity index (χ0v) is 10.7. The maximum absolute atomic E-state index is 11.9. The topological polar surface area (TPSA) is 42.0 Å². The number of nitrogens with one attached hydrogen (secondary N) is 1. The second kappa shape index (κ2) is 5.50. The normalized spacial score (nSPS) is 23.6. The van der Waals surface area contributed by atoms with Crippen molar-refractivity contribution in [3.8, 4) is 0 Å². The van der Waals surface area contributed by atoms with Gasteiger partial charge in [0.1, 0.15) is 0 Å². The fraction of sp³-hybridized carbons (Fsp3) is 0.538. The Kier molecular flexibility index (Phi) is 4.00. The van der Waals surface area contributed by atoms with Gasteiger partial charge in [-0.3, -0.25) is 9.78 Å². The van der Waals surface area contributed by atoms with Gasteiger partial charge in [0, 0.05) is 23.8 Å². The Morgan fingerprint density at radius 1 is 1.59 bits per heavy atom. The van der Waals surface area contributed by atoms with Gasteiger partial charge in [0.05, 0.1) is 5.56 Å². The third kappa shape index (κ3) is 3.19. The molecule has 1 heterocycles. The molecule has 0 radical (unpaired) electrons. The third-order valence-electron chi connectivity index (χ3n) is 3.28. The lowest BCUT2D eigenvalue weighted by atomic mass is 10.1. The van der Waals surface area contributed by atoms with Crippen molar-refractivity contribution in [3.05, 3.63) is 29.6 Å². The molecule has 1 fully saturated rings. The lowest BCUT2D eigenvalue weighted by Crippen LogP contribution is -2.29. The van der Waals surface area contributed by atoms with Crippen molar-refractivity contribution in [2.24, 2.45) is 5.92 Å². The molecule has 92 valence electrons. The Morgan fingerprint density at radius 2 is 2.41 bits per heavy atom. The summed E-state index contributed by atoms with van der Waals surface area (Å²) < 4.78 is 0. The summed E-state index contributed by atoms with van der Waals surface area (Å²) in [5.74, 6) is 0.493. The fourth-order valence-electron chi connectivity index (χ4n) is 2.26. The van der Waals surface area contributed by atoms with Gasteiger partial charge in [-0.25, -0.2) is 0 Å². The standard InChI is InChI=1S/C13H17ClN2O/c1-9-12(3-2-6-15-9)13(17)16-8-10-4-5-11(14)7-10/h2-3,6,10-11H,4-5,7-8H2,1H3,(H,16,17). The molecule has 1 saturated carbocycles. The highest BCUT2D eigenvalue weighted by Gasteiger charge is 2.23. The predicted molar refractivity (Wildman–Crippen MR) is 68.3 cm³/mol. The molecule has 0 saturated heterocycles. The summed E-state index contributed by atoms with van der Waals surface area (Å²) in [6.45, 7) is 2.57.